The third-order valence-corrected chi connectivity index (χ3v) is 2.96. The molecule has 1 aromatic carbocycles. The van der Waals surface area contributed by atoms with Crippen molar-refractivity contribution in [2.24, 2.45) is 5.41 Å². The quantitative estimate of drug-likeness (QED) is 0.856. The lowest BCUT2D eigenvalue weighted by Crippen LogP contribution is -2.27. The normalized spacial score (nSPS) is 11.7. The Bertz CT molecular complexity index is 655. The number of benzene rings is 1. The molecule has 1 aromatic heterocycles. The van der Waals surface area contributed by atoms with Crippen LogP contribution in [0.3, 0.4) is 0 Å². The Morgan fingerprint density at radius 1 is 1.37 bits per heavy atom. The van der Waals surface area contributed by atoms with Crippen molar-refractivity contribution < 1.29 is 19.1 Å². The molecule has 0 aliphatic heterocycles. The molecule has 0 radical (unpaired) electrons. The number of aromatic nitrogens is 1. The summed E-state index contributed by atoms with van der Waals surface area (Å²) in [5, 5.41) is 8.84. The number of oxazole rings is 1. The van der Waals surface area contributed by atoms with Crippen molar-refractivity contribution in [3.63, 3.8) is 0 Å². The summed E-state index contributed by atoms with van der Waals surface area (Å²) < 4.78 is 5.34. The summed E-state index contributed by atoms with van der Waals surface area (Å²) in [5.41, 5.74) is 0.727. The summed E-state index contributed by atoms with van der Waals surface area (Å²) in [5.74, 6) is -0.668. The molecule has 0 saturated carbocycles. The summed E-state index contributed by atoms with van der Waals surface area (Å²) >= 11 is 0. The van der Waals surface area contributed by atoms with Crippen LogP contribution in [0.15, 0.2) is 22.6 Å². The number of carboxylic acid groups (broad SMARTS) is 1. The molecule has 0 aliphatic rings. The van der Waals surface area contributed by atoms with E-state index in [0.29, 0.717) is 22.6 Å². The predicted octanol–water partition coefficient (Wildman–Crippen LogP) is 2.82. The molecule has 0 saturated heterocycles. The molecule has 19 heavy (non-hydrogen) atoms. The number of carbonyl (C=O) groups excluding carboxylic acids is 1. The van der Waals surface area contributed by atoms with Gasteiger partial charge in [0.1, 0.15) is 5.52 Å². The van der Waals surface area contributed by atoms with Gasteiger partial charge in [-0.1, -0.05) is 13.8 Å². The zero-order valence-corrected chi connectivity index (χ0v) is 11.1. The highest BCUT2D eigenvalue weighted by molar-refractivity contribution is 6.03. The maximum Gasteiger partial charge on any atom is 0.304 e. The first-order valence-corrected chi connectivity index (χ1v) is 5.93. The molecule has 1 N–H and O–H groups in total. The standard InChI is InChI=1S/C14H15NO4/c1-8-15-10-6-9(4-5-11(10)19-8)13(18)14(2,3)7-12(16)17/h4-6H,7H2,1-3H3,(H,16,17). The van der Waals surface area contributed by atoms with Gasteiger partial charge < -0.3 is 9.52 Å². The smallest absolute Gasteiger partial charge is 0.304 e. The van der Waals surface area contributed by atoms with Crippen LogP contribution in [0.5, 0.6) is 0 Å². The minimum Gasteiger partial charge on any atom is -0.481 e. The fraction of sp³-hybridized carbons (Fsp3) is 0.357. The third-order valence-electron chi connectivity index (χ3n) is 2.96. The van der Waals surface area contributed by atoms with Crippen LogP contribution < -0.4 is 0 Å². The van der Waals surface area contributed by atoms with Gasteiger partial charge in [-0.15, -0.1) is 0 Å². The Labute approximate surface area is 110 Å². The fourth-order valence-electron chi connectivity index (χ4n) is 2.03. The van der Waals surface area contributed by atoms with Gasteiger partial charge in [0.15, 0.2) is 17.3 Å². The van der Waals surface area contributed by atoms with E-state index >= 15 is 0 Å². The molecule has 5 nitrogen and oxygen atoms in total. The van der Waals surface area contributed by atoms with Gasteiger partial charge in [0, 0.05) is 17.9 Å². The molecule has 0 amide bonds. The Kier molecular flexibility index (Phi) is 3.14. The highest BCUT2D eigenvalue weighted by atomic mass is 16.4. The first-order chi connectivity index (χ1) is 8.79. The van der Waals surface area contributed by atoms with E-state index < -0.39 is 11.4 Å². The summed E-state index contributed by atoms with van der Waals surface area (Å²) in [6.07, 6.45) is -0.207. The first kappa shape index (κ1) is 13.3. The number of Topliss-reactive ketones (excluding diaryl/α,β-unsaturated/α-hetero) is 1. The molecule has 0 atom stereocenters. The molecule has 1 heterocycles. The Morgan fingerprint density at radius 3 is 2.68 bits per heavy atom. The SMILES string of the molecule is Cc1nc2cc(C(=O)C(C)(C)CC(=O)O)ccc2o1. The van der Waals surface area contributed by atoms with E-state index in [0.717, 1.165) is 0 Å². The first-order valence-electron chi connectivity index (χ1n) is 5.93. The monoisotopic (exact) mass is 261 g/mol. The fourth-order valence-corrected chi connectivity index (χ4v) is 2.03. The molecule has 0 spiro atoms. The second-order valence-electron chi connectivity index (χ2n) is 5.20. The van der Waals surface area contributed by atoms with E-state index in [2.05, 4.69) is 4.98 Å². The molecular formula is C14H15NO4. The Morgan fingerprint density at radius 2 is 2.05 bits per heavy atom. The van der Waals surface area contributed by atoms with E-state index in [1.54, 1.807) is 39.0 Å². The third kappa shape index (κ3) is 2.65. The molecule has 0 bridgehead atoms. The highest BCUT2D eigenvalue weighted by Gasteiger charge is 2.31. The van der Waals surface area contributed by atoms with Crippen LogP contribution in [0.1, 0.15) is 36.5 Å². The Hall–Kier alpha value is -2.17. The van der Waals surface area contributed by atoms with E-state index in [-0.39, 0.29) is 12.2 Å². The predicted molar refractivity (Wildman–Crippen MR) is 69.1 cm³/mol. The lowest BCUT2D eigenvalue weighted by atomic mass is 9.81. The maximum absolute atomic E-state index is 12.3. The number of hydrogen-bond donors (Lipinski definition) is 1. The minimum atomic E-state index is -0.989. The van der Waals surface area contributed by atoms with Gasteiger partial charge in [0.2, 0.25) is 0 Å². The second kappa shape index (κ2) is 4.50. The van der Waals surface area contributed by atoms with Gasteiger partial charge in [-0.3, -0.25) is 9.59 Å². The van der Waals surface area contributed by atoms with Crippen LogP contribution in [-0.2, 0) is 4.79 Å². The number of fused-ring (bicyclic) bond motifs is 1. The van der Waals surface area contributed by atoms with Gasteiger partial charge in [0.25, 0.3) is 0 Å². The molecule has 2 aromatic rings. The van der Waals surface area contributed by atoms with Crippen molar-refractivity contribution in [1.29, 1.82) is 0 Å². The van der Waals surface area contributed by atoms with Gasteiger partial charge >= 0.3 is 5.97 Å². The lowest BCUT2D eigenvalue weighted by Gasteiger charge is -2.20. The molecule has 0 aliphatic carbocycles. The maximum atomic E-state index is 12.3. The number of hydrogen-bond acceptors (Lipinski definition) is 4. The van der Waals surface area contributed by atoms with Gasteiger partial charge in [-0.2, -0.15) is 0 Å². The number of carboxylic acids is 1. The van der Waals surface area contributed by atoms with E-state index in [1.807, 2.05) is 0 Å². The topological polar surface area (TPSA) is 80.4 Å². The van der Waals surface area contributed by atoms with Crippen LogP contribution in [0.2, 0.25) is 0 Å². The highest BCUT2D eigenvalue weighted by Crippen LogP contribution is 2.27. The Balaban J connectivity index is 2.38. The summed E-state index contributed by atoms with van der Waals surface area (Å²) in [4.78, 5) is 27.3. The molecule has 5 heteroatoms. The number of ketones is 1. The second-order valence-corrected chi connectivity index (χ2v) is 5.20. The van der Waals surface area contributed by atoms with Crippen molar-refractivity contribution in [1.82, 2.24) is 4.98 Å². The summed E-state index contributed by atoms with van der Waals surface area (Å²) in [6, 6.07) is 4.95. The van der Waals surface area contributed by atoms with E-state index in [9.17, 15) is 9.59 Å². The summed E-state index contributed by atoms with van der Waals surface area (Å²) in [7, 11) is 0. The van der Waals surface area contributed by atoms with E-state index in [4.69, 9.17) is 9.52 Å². The van der Waals surface area contributed by atoms with Crippen LogP contribution in [0, 0.1) is 12.3 Å². The minimum absolute atomic E-state index is 0.207. The molecule has 0 fully saturated rings. The molecular weight excluding hydrogens is 246 g/mol. The summed E-state index contributed by atoms with van der Waals surface area (Å²) in [6.45, 7) is 4.99. The number of rotatable bonds is 4. The van der Waals surface area contributed by atoms with Gasteiger partial charge in [-0.25, -0.2) is 4.98 Å². The van der Waals surface area contributed by atoms with Gasteiger partial charge in [0.05, 0.1) is 6.42 Å². The van der Waals surface area contributed by atoms with Crippen molar-refractivity contribution in [3.05, 3.63) is 29.7 Å². The number of nitrogens with zero attached hydrogens (tertiary/aromatic N) is 1. The molecule has 0 unspecified atom stereocenters. The average molecular weight is 261 g/mol. The van der Waals surface area contributed by atoms with Crippen LogP contribution >= 0.6 is 0 Å². The molecule has 100 valence electrons. The van der Waals surface area contributed by atoms with Crippen molar-refractivity contribution >= 4 is 22.9 Å². The van der Waals surface area contributed by atoms with Crippen LogP contribution in [0.4, 0.5) is 0 Å². The molecule has 2 rings (SSSR count). The largest absolute Gasteiger partial charge is 0.481 e. The zero-order valence-electron chi connectivity index (χ0n) is 11.1. The van der Waals surface area contributed by atoms with E-state index in [1.165, 1.54) is 0 Å². The van der Waals surface area contributed by atoms with Crippen molar-refractivity contribution in [2.75, 3.05) is 0 Å². The number of aryl methyl sites for hydroxylation is 1. The van der Waals surface area contributed by atoms with Crippen molar-refractivity contribution in [3.8, 4) is 0 Å². The number of carbonyl (C=O) groups is 2. The average Bonchev–Trinajstić information content (AvgIpc) is 2.65. The van der Waals surface area contributed by atoms with Crippen LogP contribution in [0.25, 0.3) is 11.1 Å². The van der Waals surface area contributed by atoms with Crippen molar-refractivity contribution in [2.45, 2.75) is 27.2 Å². The van der Waals surface area contributed by atoms with Crippen LogP contribution in [-0.4, -0.2) is 21.8 Å². The lowest BCUT2D eigenvalue weighted by molar-refractivity contribution is -0.138. The van der Waals surface area contributed by atoms with Gasteiger partial charge in [-0.05, 0) is 18.2 Å². The number of aliphatic carboxylic acids is 1. The zero-order chi connectivity index (χ0) is 14.2.